The van der Waals surface area contributed by atoms with E-state index >= 15 is 0 Å². The Bertz CT molecular complexity index is 1160. The molecule has 0 N–H and O–H groups in total. The summed E-state index contributed by atoms with van der Waals surface area (Å²) in [6, 6.07) is 24.7. The quantitative estimate of drug-likeness (QED) is 0.522. The summed E-state index contributed by atoms with van der Waals surface area (Å²) in [6.07, 6.45) is 0. The molecular weight excluding hydrogens is 410 g/mol. The maximum absolute atomic E-state index is 13.5. The first-order valence-corrected chi connectivity index (χ1v) is 11.6. The molecule has 0 aromatic heterocycles. The van der Waals surface area contributed by atoms with Gasteiger partial charge in [-0.25, -0.2) is 0 Å². The molecular formula is C29H27NO3. The van der Waals surface area contributed by atoms with Crippen LogP contribution in [0.4, 0.5) is 0 Å². The summed E-state index contributed by atoms with van der Waals surface area (Å²) in [5.41, 5.74) is 6.92. The Balaban J connectivity index is 1.31. The van der Waals surface area contributed by atoms with Gasteiger partial charge in [-0.15, -0.1) is 0 Å². The summed E-state index contributed by atoms with van der Waals surface area (Å²) in [5.74, 6) is -1.45. The molecule has 3 aliphatic carbocycles. The average molecular weight is 438 g/mol. The summed E-state index contributed by atoms with van der Waals surface area (Å²) in [6.45, 7) is 6.71. The van der Waals surface area contributed by atoms with Crippen molar-refractivity contribution in [3.8, 4) is 0 Å². The number of carbonyl (C=O) groups is 2. The molecule has 2 amide bonds. The molecule has 2 bridgehead atoms. The Morgan fingerprint density at radius 1 is 0.697 bits per heavy atom. The number of hydrogen-bond donors (Lipinski definition) is 0. The van der Waals surface area contributed by atoms with Gasteiger partial charge in [0.25, 0.3) is 11.8 Å². The molecule has 4 aliphatic rings. The van der Waals surface area contributed by atoms with Crippen LogP contribution in [0.15, 0.2) is 72.8 Å². The predicted octanol–water partition coefficient (Wildman–Crippen LogP) is 5.31. The Kier molecular flexibility index (Phi) is 4.40. The smallest absolute Gasteiger partial charge is 0.258 e. The largest absolute Gasteiger partial charge is 0.272 e. The molecule has 2 unspecified atom stereocenters. The van der Waals surface area contributed by atoms with Crippen molar-refractivity contribution in [2.45, 2.75) is 44.6 Å². The van der Waals surface area contributed by atoms with Crippen LogP contribution in [-0.4, -0.2) is 16.9 Å². The van der Waals surface area contributed by atoms with Crippen LogP contribution >= 0.6 is 0 Å². The van der Waals surface area contributed by atoms with Gasteiger partial charge in [-0.3, -0.25) is 14.4 Å². The van der Waals surface area contributed by atoms with Crippen LogP contribution in [0.2, 0.25) is 0 Å². The third-order valence-corrected chi connectivity index (χ3v) is 7.59. The van der Waals surface area contributed by atoms with E-state index in [4.69, 9.17) is 4.84 Å². The number of carbonyl (C=O) groups excluding carboxylic acids is 2. The fourth-order valence-electron chi connectivity index (χ4n) is 6.02. The SMILES string of the molecule is CC(C)(C)c1ccc(CON2C(=O)C3C4c5ccccc5C(c5ccccc54)C3C2=O)cc1. The van der Waals surface area contributed by atoms with Gasteiger partial charge >= 0.3 is 0 Å². The molecule has 1 saturated heterocycles. The van der Waals surface area contributed by atoms with Crippen molar-refractivity contribution in [1.82, 2.24) is 5.06 Å². The van der Waals surface area contributed by atoms with Crippen LogP contribution < -0.4 is 0 Å². The Morgan fingerprint density at radius 3 is 1.52 bits per heavy atom. The monoisotopic (exact) mass is 437 g/mol. The molecule has 33 heavy (non-hydrogen) atoms. The first-order valence-electron chi connectivity index (χ1n) is 11.6. The van der Waals surface area contributed by atoms with E-state index in [1.165, 1.54) is 27.8 Å². The number of hydrogen-bond acceptors (Lipinski definition) is 3. The highest BCUT2D eigenvalue weighted by molar-refractivity contribution is 6.06. The van der Waals surface area contributed by atoms with Gasteiger partial charge in [0, 0.05) is 11.8 Å². The third-order valence-electron chi connectivity index (χ3n) is 7.59. The Hall–Kier alpha value is -3.24. The van der Waals surface area contributed by atoms with Gasteiger partial charge in [0.1, 0.15) is 6.61 Å². The maximum atomic E-state index is 13.5. The van der Waals surface area contributed by atoms with E-state index in [1.54, 1.807) is 0 Å². The molecule has 7 rings (SSSR count). The van der Waals surface area contributed by atoms with Gasteiger partial charge in [0.2, 0.25) is 0 Å². The lowest BCUT2D eigenvalue weighted by Gasteiger charge is -2.45. The highest BCUT2D eigenvalue weighted by Crippen LogP contribution is 2.60. The summed E-state index contributed by atoms with van der Waals surface area (Å²) in [4.78, 5) is 33.0. The van der Waals surface area contributed by atoms with E-state index in [-0.39, 0.29) is 35.7 Å². The van der Waals surface area contributed by atoms with E-state index < -0.39 is 11.8 Å². The second kappa shape index (κ2) is 7.13. The number of rotatable bonds is 3. The van der Waals surface area contributed by atoms with Crippen molar-refractivity contribution in [3.05, 3.63) is 106 Å². The zero-order valence-corrected chi connectivity index (χ0v) is 19.1. The minimum atomic E-state index is -0.407. The van der Waals surface area contributed by atoms with E-state index in [1.807, 2.05) is 36.4 Å². The number of nitrogens with zero attached hydrogens (tertiary/aromatic N) is 1. The minimum absolute atomic E-state index is 0.0687. The number of benzene rings is 3. The van der Waals surface area contributed by atoms with Gasteiger partial charge in [0.05, 0.1) is 11.8 Å². The lowest BCUT2D eigenvalue weighted by Crippen LogP contribution is -2.41. The number of imide groups is 1. The zero-order valence-electron chi connectivity index (χ0n) is 19.1. The van der Waals surface area contributed by atoms with Crippen molar-refractivity contribution in [1.29, 1.82) is 0 Å². The molecule has 3 aromatic rings. The third kappa shape index (κ3) is 2.94. The minimum Gasteiger partial charge on any atom is -0.272 e. The highest BCUT2D eigenvalue weighted by atomic mass is 16.7. The highest BCUT2D eigenvalue weighted by Gasteiger charge is 2.62. The molecule has 0 saturated carbocycles. The molecule has 166 valence electrons. The molecule has 2 atom stereocenters. The van der Waals surface area contributed by atoms with E-state index in [0.717, 1.165) is 10.6 Å². The van der Waals surface area contributed by atoms with Gasteiger partial charge in [-0.05, 0) is 38.8 Å². The van der Waals surface area contributed by atoms with Crippen LogP contribution in [0, 0.1) is 11.8 Å². The van der Waals surface area contributed by atoms with Crippen molar-refractivity contribution in [3.63, 3.8) is 0 Å². The lowest BCUT2D eigenvalue weighted by molar-refractivity contribution is -0.193. The fraction of sp³-hybridized carbons (Fsp3) is 0.310. The predicted molar refractivity (Wildman–Crippen MR) is 125 cm³/mol. The normalized spacial score (nSPS) is 25.1. The molecule has 1 aliphatic heterocycles. The van der Waals surface area contributed by atoms with E-state index in [0.29, 0.717) is 0 Å². The average Bonchev–Trinajstić information content (AvgIpc) is 3.07. The van der Waals surface area contributed by atoms with E-state index in [9.17, 15) is 9.59 Å². The summed E-state index contributed by atoms with van der Waals surface area (Å²) < 4.78 is 0. The molecule has 4 nitrogen and oxygen atoms in total. The van der Waals surface area contributed by atoms with Crippen LogP contribution in [0.25, 0.3) is 0 Å². The summed E-state index contributed by atoms with van der Waals surface area (Å²) >= 11 is 0. The van der Waals surface area contributed by atoms with Crippen molar-refractivity contribution in [2.24, 2.45) is 11.8 Å². The molecule has 0 spiro atoms. The summed E-state index contributed by atoms with van der Waals surface area (Å²) in [5, 5.41) is 1.06. The lowest BCUT2D eigenvalue weighted by atomic mass is 9.55. The Morgan fingerprint density at radius 2 is 1.12 bits per heavy atom. The van der Waals surface area contributed by atoms with Crippen LogP contribution in [0.3, 0.4) is 0 Å². The molecule has 0 radical (unpaired) electrons. The molecule has 1 heterocycles. The van der Waals surface area contributed by atoms with Crippen molar-refractivity contribution >= 4 is 11.8 Å². The van der Waals surface area contributed by atoms with Crippen molar-refractivity contribution < 1.29 is 14.4 Å². The number of hydroxylamine groups is 2. The first kappa shape index (κ1) is 20.4. The van der Waals surface area contributed by atoms with Crippen LogP contribution in [-0.2, 0) is 26.4 Å². The van der Waals surface area contributed by atoms with Crippen molar-refractivity contribution in [2.75, 3.05) is 0 Å². The number of amides is 2. The molecule has 4 heteroatoms. The summed E-state index contributed by atoms with van der Waals surface area (Å²) in [7, 11) is 0. The zero-order chi connectivity index (χ0) is 22.9. The van der Waals surface area contributed by atoms with Gasteiger partial charge in [0.15, 0.2) is 0 Å². The molecule has 3 aromatic carbocycles. The van der Waals surface area contributed by atoms with E-state index in [2.05, 4.69) is 57.2 Å². The standard InChI is InChI=1S/C29H27NO3/c1-29(2,3)18-14-12-17(13-15-18)16-33-30-27(31)25-23-19-8-4-5-9-20(19)24(26(25)28(30)32)22-11-7-6-10-21(22)23/h4-15,23-26H,16H2,1-3H3. The topological polar surface area (TPSA) is 46.6 Å². The van der Waals surface area contributed by atoms with Crippen LogP contribution in [0.1, 0.15) is 66.0 Å². The van der Waals surface area contributed by atoms with Gasteiger partial charge in [-0.2, -0.15) is 5.06 Å². The van der Waals surface area contributed by atoms with Gasteiger partial charge in [-0.1, -0.05) is 93.6 Å². The maximum Gasteiger partial charge on any atom is 0.258 e. The van der Waals surface area contributed by atoms with Crippen LogP contribution in [0.5, 0.6) is 0 Å². The molecule has 1 fully saturated rings. The second-order valence-electron chi connectivity index (χ2n) is 10.5. The Labute approximate surface area is 194 Å². The fourth-order valence-corrected chi connectivity index (χ4v) is 6.02. The first-order chi connectivity index (χ1) is 15.9. The second-order valence-corrected chi connectivity index (χ2v) is 10.5. The van der Waals surface area contributed by atoms with Gasteiger partial charge < -0.3 is 0 Å².